The van der Waals surface area contributed by atoms with Crippen LogP contribution in [0, 0.1) is 0 Å². The van der Waals surface area contributed by atoms with Gasteiger partial charge in [0.05, 0.1) is 6.61 Å². The zero-order valence-corrected chi connectivity index (χ0v) is 11.1. The second kappa shape index (κ2) is 11.5. The predicted molar refractivity (Wildman–Crippen MR) is 64.6 cm³/mol. The Balaban J connectivity index is 0.000000280. The minimum atomic E-state index is -0.330. The molecular weight excluding hydrogens is 208 g/mol. The Morgan fingerprint density at radius 1 is 1.60 bits per heavy atom. The fraction of sp³-hybridized carbons (Fsp3) is 0.727. The lowest BCUT2D eigenvalue weighted by atomic mass is 10.4. The van der Waals surface area contributed by atoms with E-state index < -0.39 is 0 Å². The van der Waals surface area contributed by atoms with E-state index >= 15 is 0 Å². The van der Waals surface area contributed by atoms with Gasteiger partial charge >= 0.3 is 5.97 Å². The van der Waals surface area contributed by atoms with Gasteiger partial charge in [-0.25, -0.2) is 4.79 Å². The number of rotatable bonds is 4. The summed E-state index contributed by atoms with van der Waals surface area (Å²) in [5, 5.41) is 0. The monoisotopic (exact) mass is 230 g/mol. The number of hydrogen-bond acceptors (Lipinski definition) is 3. The van der Waals surface area contributed by atoms with Crippen LogP contribution in [0.2, 0.25) is 6.04 Å². The van der Waals surface area contributed by atoms with Crippen LogP contribution in [0.3, 0.4) is 0 Å². The lowest BCUT2D eigenvalue weighted by Crippen LogP contribution is -2.06. The summed E-state index contributed by atoms with van der Waals surface area (Å²) in [4.78, 5) is 10.3. The molecule has 0 N–H and O–H groups in total. The number of hydrogen-bond donors (Lipinski definition) is 0. The van der Waals surface area contributed by atoms with Crippen LogP contribution < -0.4 is 0 Å². The lowest BCUT2D eigenvalue weighted by Gasteiger charge is -2.07. The van der Waals surface area contributed by atoms with Crippen LogP contribution in [0.1, 0.15) is 32.6 Å². The molecule has 0 saturated carbocycles. The maximum Gasteiger partial charge on any atom is 0.330 e. The second-order valence-corrected chi connectivity index (χ2v) is 4.92. The van der Waals surface area contributed by atoms with Gasteiger partial charge in [-0.1, -0.05) is 26.3 Å². The number of ether oxygens (including phenoxy) is 1. The minimum absolute atomic E-state index is 0.00849. The van der Waals surface area contributed by atoms with E-state index in [-0.39, 0.29) is 15.7 Å². The molecule has 0 unspecified atom stereocenters. The van der Waals surface area contributed by atoms with E-state index in [1.54, 1.807) is 0 Å². The van der Waals surface area contributed by atoms with Gasteiger partial charge in [0, 0.05) is 12.7 Å². The molecule has 15 heavy (non-hydrogen) atoms. The van der Waals surface area contributed by atoms with Gasteiger partial charge in [0.1, 0.15) is 0 Å². The fourth-order valence-electron chi connectivity index (χ4n) is 1.06. The van der Waals surface area contributed by atoms with Crippen LogP contribution in [-0.2, 0) is 14.0 Å². The summed E-state index contributed by atoms with van der Waals surface area (Å²) < 4.78 is 9.88. The Morgan fingerprint density at radius 3 is 2.73 bits per heavy atom. The van der Waals surface area contributed by atoms with Crippen LogP contribution in [0.15, 0.2) is 12.7 Å². The van der Waals surface area contributed by atoms with Gasteiger partial charge in [-0.05, 0) is 18.9 Å². The van der Waals surface area contributed by atoms with Gasteiger partial charge in [0.2, 0.25) is 0 Å². The molecule has 88 valence electrons. The first-order valence-corrected chi connectivity index (χ1v) is 7.26. The van der Waals surface area contributed by atoms with E-state index in [0.29, 0.717) is 6.61 Å². The molecule has 1 rings (SSSR count). The number of carbonyl (C=O) groups is 1. The van der Waals surface area contributed by atoms with Crippen LogP contribution in [0.5, 0.6) is 0 Å². The zero-order valence-electron chi connectivity index (χ0n) is 9.67. The highest BCUT2D eigenvalue weighted by Gasteiger charge is 1.96. The number of esters is 1. The molecule has 0 amide bonds. The average Bonchev–Trinajstić information content (AvgIpc) is 2.32. The lowest BCUT2D eigenvalue weighted by molar-refractivity contribution is -0.137. The molecule has 0 aromatic carbocycles. The molecule has 0 bridgehead atoms. The first-order valence-electron chi connectivity index (χ1n) is 5.68. The Hall–Kier alpha value is -0.613. The summed E-state index contributed by atoms with van der Waals surface area (Å²) in [6.07, 6.45) is 5.90. The van der Waals surface area contributed by atoms with Crippen LogP contribution in [0.4, 0.5) is 0 Å². The predicted octanol–water partition coefficient (Wildman–Crippen LogP) is 1.81. The van der Waals surface area contributed by atoms with Crippen molar-refractivity contribution in [2.45, 2.75) is 38.7 Å². The third-order valence-corrected chi connectivity index (χ3v) is 3.35. The van der Waals surface area contributed by atoms with Crippen molar-refractivity contribution in [1.82, 2.24) is 0 Å². The van der Waals surface area contributed by atoms with Gasteiger partial charge < -0.3 is 9.16 Å². The van der Waals surface area contributed by atoms with Crippen molar-refractivity contribution in [3.63, 3.8) is 0 Å². The first-order chi connectivity index (χ1) is 7.31. The van der Waals surface area contributed by atoms with E-state index in [9.17, 15) is 4.79 Å². The molecule has 0 atom stereocenters. The third kappa shape index (κ3) is 11.3. The van der Waals surface area contributed by atoms with Gasteiger partial charge in [-0.3, -0.25) is 0 Å². The summed E-state index contributed by atoms with van der Waals surface area (Å²) >= 11 is 0. The van der Waals surface area contributed by atoms with Crippen LogP contribution in [-0.4, -0.2) is 28.9 Å². The van der Waals surface area contributed by atoms with Crippen molar-refractivity contribution in [3.05, 3.63) is 12.7 Å². The molecular formula is C11H22O3Si. The van der Waals surface area contributed by atoms with Crippen molar-refractivity contribution < 1.29 is 14.0 Å². The fourth-order valence-corrected chi connectivity index (χ4v) is 2.23. The van der Waals surface area contributed by atoms with E-state index in [1.165, 1.54) is 25.0 Å². The van der Waals surface area contributed by atoms with E-state index in [2.05, 4.69) is 11.3 Å². The summed E-state index contributed by atoms with van der Waals surface area (Å²) in [5.74, 6) is -0.330. The summed E-state index contributed by atoms with van der Waals surface area (Å²) in [7, 11) is 0.00849. The third-order valence-electron chi connectivity index (χ3n) is 1.99. The van der Waals surface area contributed by atoms with Gasteiger partial charge in [-0.15, -0.1) is 0 Å². The van der Waals surface area contributed by atoms with Crippen molar-refractivity contribution >= 4 is 15.7 Å². The van der Waals surface area contributed by atoms with E-state index in [4.69, 9.17) is 4.43 Å². The topological polar surface area (TPSA) is 35.5 Å². The van der Waals surface area contributed by atoms with Gasteiger partial charge in [-0.2, -0.15) is 0 Å². The zero-order chi connectivity index (χ0) is 11.4. The maximum absolute atomic E-state index is 10.3. The number of unbranched alkanes of at least 4 members (excludes halogenated alkanes) is 1. The molecule has 0 spiro atoms. The summed E-state index contributed by atoms with van der Waals surface area (Å²) in [6.45, 7) is 6.89. The molecule has 1 fully saturated rings. The van der Waals surface area contributed by atoms with Crippen molar-refractivity contribution in [1.29, 1.82) is 0 Å². The van der Waals surface area contributed by atoms with Crippen LogP contribution >= 0.6 is 0 Å². The highest BCUT2D eigenvalue weighted by Crippen LogP contribution is 2.01. The van der Waals surface area contributed by atoms with Gasteiger partial charge in [0.25, 0.3) is 0 Å². The molecule has 0 aromatic rings. The van der Waals surface area contributed by atoms with Crippen molar-refractivity contribution in [2.24, 2.45) is 0 Å². The molecule has 0 radical (unpaired) electrons. The molecule has 1 aliphatic heterocycles. The molecule has 0 aliphatic carbocycles. The van der Waals surface area contributed by atoms with Gasteiger partial charge in [0.15, 0.2) is 9.76 Å². The van der Waals surface area contributed by atoms with Crippen molar-refractivity contribution in [3.8, 4) is 0 Å². The molecule has 0 aromatic heterocycles. The smallest absolute Gasteiger partial charge is 0.330 e. The van der Waals surface area contributed by atoms with E-state index in [1.807, 2.05) is 6.92 Å². The average molecular weight is 230 g/mol. The molecule has 3 nitrogen and oxygen atoms in total. The standard InChI is InChI=1S/C7H12O2.C4H10OSi/c1-3-5-6-9-7(8)4-2;1-2-4-6-5-3-1/h4H,2-3,5-6H2,1H3;1-4,6H2. The largest absolute Gasteiger partial charge is 0.463 e. The summed E-state index contributed by atoms with van der Waals surface area (Å²) in [6, 6.07) is 1.42. The molecule has 4 heteroatoms. The first kappa shape index (κ1) is 14.4. The van der Waals surface area contributed by atoms with Crippen LogP contribution in [0.25, 0.3) is 0 Å². The Labute approximate surface area is 94.8 Å². The SMILES string of the molecule is C1CC[SiH2]OC1.C=CC(=O)OCCCC. The second-order valence-electron chi connectivity index (χ2n) is 3.40. The molecule has 1 aliphatic rings. The minimum Gasteiger partial charge on any atom is -0.463 e. The molecule has 1 heterocycles. The van der Waals surface area contributed by atoms with Crippen molar-refractivity contribution in [2.75, 3.05) is 13.2 Å². The maximum atomic E-state index is 10.3. The summed E-state index contributed by atoms with van der Waals surface area (Å²) in [5.41, 5.74) is 0. The Bertz CT molecular complexity index is 156. The normalized spacial score (nSPS) is 16.3. The quantitative estimate of drug-likeness (QED) is 0.320. The number of carbonyl (C=O) groups excluding carboxylic acids is 1. The molecule has 1 saturated heterocycles. The van der Waals surface area contributed by atoms with E-state index in [0.717, 1.165) is 19.4 Å². The highest BCUT2D eigenvalue weighted by atomic mass is 28.2. The Morgan fingerprint density at radius 2 is 2.40 bits per heavy atom. The Kier molecular flexibility index (Phi) is 11.0. The highest BCUT2D eigenvalue weighted by molar-refractivity contribution is 6.27.